The van der Waals surface area contributed by atoms with Gasteiger partial charge < -0.3 is 10.0 Å². The molecule has 0 aromatic rings. The van der Waals surface area contributed by atoms with Gasteiger partial charge in [0.1, 0.15) is 5.41 Å². The number of carbonyl (C=O) groups excluding carboxylic acids is 1. The molecule has 4 nitrogen and oxygen atoms in total. The Balaban J connectivity index is 2.70. The minimum Gasteiger partial charge on any atom is -0.395 e. The standard InChI is InChI=1S/C10H16N2O2/c1-8(2)12(5-6-13)9(14)10(7-11)3-4-10/h8,13H,3-6H2,1-2H3. The summed E-state index contributed by atoms with van der Waals surface area (Å²) in [7, 11) is 0. The van der Waals surface area contributed by atoms with Crippen LogP contribution in [0.2, 0.25) is 0 Å². The van der Waals surface area contributed by atoms with E-state index in [-0.39, 0.29) is 18.6 Å². The van der Waals surface area contributed by atoms with Crippen LogP contribution in [0.4, 0.5) is 0 Å². The molecule has 0 aromatic heterocycles. The summed E-state index contributed by atoms with van der Waals surface area (Å²) < 4.78 is 0. The van der Waals surface area contributed by atoms with Crippen molar-refractivity contribution < 1.29 is 9.90 Å². The second kappa shape index (κ2) is 3.97. The average Bonchev–Trinajstić information content (AvgIpc) is 2.93. The Kier molecular flexibility index (Phi) is 3.12. The van der Waals surface area contributed by atoms with Crippen LogP contribution < -0.4 is 0 Å². The largest absolute Gasteiger partial charge is 0.395 e. The molecule has 1 aliphatic rings. The molecule has 14 heavy (non-hydrogen) atoms. The first-order valence-corrected chi connectivity index (χ1v) is 4.90. The predicted octanol–water partition coefficient (Wildman–Crippen LogP) is 0.519. The van der Waals surface area contributed by atoms with E-state index in [0.717, 1.165) is 0 Å². The highest BCUT2D eigenvalue weighted by Gasteiger charge is 2.52. The topological polar surface area (TPSA) is 64.3 Å². The zero-order chi connectivity index (χ0) is 10.8. The molecule has 4 heteroatoms. The van der Waals surface area contributed by atoms with Gasteiger partial charge in [0, 0.05) is 12.6 Å². The molecule has 1 saturated carbocycles. The molecule has 0 bridgehead atoms. The van der Waals surface area contributed by atoms with Crippen LogP contribution in [0, 0.1) is 16.7 Å². The summed E-state index contributed by atoms with van der Waals surface area (Å²) in [6, 6.07) is 2.12. The van der Waals surface area contributed by atoms with Crippen LogP contribution in [-0.2, 0) is 4.79 Å². The lowest BCUT2D eigenvalue weighted by molar-refractivity contribution is -0.137. The van der Waals surface area contributed by atoms with Crippen molar-refractivity contribution in [1.29, 1.82) is 5.26 Å². The van der Waals surface area contributed by atoms with Crippen LogP contribution >= 0.6 is 0 Å². The molecule has 0 radical (unpaired) electrons. The Morgan fingerprint density at radius 2 is 2.21 bits per heavy atom. The van der Waals surface area contributed by atoms with Gasteiger partial charge in [-0.15, -0.1) is 0 Å². The van der Waals surface area contributed by atoms with Crippen LogP contribution in [-0.4, -0.2) is 35.1 Å². The van der Waals surface area contributed by atoms with Gasteiger partial charge in [0.25, 0.3) is 0 Å². The van der Waals surface area contributed by atoms with Crippen molar-refractivity contribution in [2.45, 2.75) is 32.7 Å². The maximum atomic E-state index is 11.9. The maximum Gasteiger partial charge on any atom is 0.243 e. The molecule has 0 unspecified atom stereocenters. The Morgan fingerprint density at radius 3 is 2.50 bits per heavy atom. The molecule has 78 valence electrons. The lowest BCUT2D eigenvalue weighted by Crippen LogP contribution is -2.43. The quantitative estimate of drug-likeness (QED) is 0.713. The van der Waals surface area contributed by atoms with Gasteiger partial charge >= 0.3 is 0 Å². The first-order valence-electron chi connectivity index (χ1n) is 4.90. The van der Waals surface area contributed by atoms with Crippen LogP contribution in [0.1, 0.15) is 26.7 Å². The highest BCUT2D eigenvalue weighted by Crippen LogP contribution is 2.46. The number of nitriles is 1. The highest BCUT2D eigenvalue weighted by atomic mass is 16.3. The number of hydrogen-bond donors (Lipinski definition) is 1. The minimum absolute atomic E-state index is 0.0421. The molecule has 0 spiro atoms. The van der Waals surface area contributed by atoms with Crippen molar-refractivity contribution in [2.24, 2.45) is 5.41 Å². The van der Waals surface area contributed by atoms with Gasteiger partial charge in [-0.3, -0.25) is 4.79 Å². The monoisotopic (exact) mass is 196 g/mol. The van der Waals surface area contributed by atoms with Crippen molar-refractivity contribution in [3.8, 4) is 6.07 Å². The Labute approximate surface area is 84.1 Å². The molecule has 0 aliphatic heterocycles. The summed E-state index contributed by atoms with van der Waals surface area (Å²) in [4.78, 5) is 13.5. The van der Waals surface area contributed by atoms with Gasteiger partial charge in [0.15, 0.2) is 0 Å². The third-order valence-corrected chi connectivity index (χ3v) is 2.60. The molecule has 1 aliphatic carbocycles. The normalized spacial score (nSPS) is 17.6. The fraction of sp³-hybridized carbons (Fsp3) is 0.800. The fourth-order valence-corrected chi connectivity index (χ4v) is 1.48. The second-order valence-corrected chi connectivity index (χ2v) is 4.01. The number of aliphatic hydroxyl groups excluding tert-OH is 1. The molecular weight excluding hydrogens is 180 g/mol. The maximum absolute atomic E-state index is 11.9. The first-order chi connectivity index (χ1) is 6.57. The van der Waals surface area contributed by atoms with E-state index in [1.54, 1.807) is 4.90 Å². The Bertz CT molecular complexity index is 264. The summed E-state index contributed by atoms with van der Waals surface area (Å²) in [6.07, 6.45) is 1.33. The molecule has 1 N–H and O–H groups in total. The lowest BCUT2D eigenvalue weighted by Gasteiger charge is -2.27. The number of hydrogen-bond acceptors (Lipinski definition) is 3. The van der Waals surface area contributed by atoms with Gasteiger partial charge in [-0.2, -0.15) is 5.26 Å². The van der Waals surface area contributed by atoms with Gasteiger partial charge in [-0.25, -0.2) is 0 Å². The van der Waals surface area contributed by atoms with Crippen molar-refractivity contribution in [3.05, 3.63) is 0 Å². The molecule has 0 aromatic carbocycles. The Hall–Kier alpha value is -1.08. The van der Waals surface area contributed by atoms with Gasteiger partial charge in [-0.1, -0.05) is 0 Å². The second-order valence-electron chi connectivity index (χ2n) is 4.01. The summed E-state index contributed by atoms with van der Waals surface area (Å²) in [5.41, 5.74) is -0.764. The summed E-state index contributed by atoms with van der Waals surface area (Å²) in [5.74, 6) is -0.121. The third kappa shape index (κ3) is 1.88. The summed E-state index contributed by atoms with van der Waals surface area (Å²) >= 11 is 0. The molecule has 1 amide bonds. The molecule has 0 heterocycles. The van der Waals surface area contributed by atoms with Crippen LogP contribution in [0.3, 0.4) is 0 Å². The number of amides is 1. The van der Waals surface area contributed by atoms with Crippen molar-refractivity contribution >= 4 is 5.91 Å². The van der Waals surface area contributed by atoms with E-state index >= 15 is 0 Å². The minimum atomic E-state index is -0.764. The van der Waals surface area contributed by atoms with E-state index in [1.807, 2.05) is 13.8 Å². The highest BCUT2D eigenvalue weighted by molar-refractivity contribution is 5.88. The predicted molar refractivity (Wildman–Crippen MR) is 51.2 cm³/mol. The van der Waals surface area contributed by atoms with Gasteiger partial charge in [0.05, 0.1) is 12.7 Å². The molecule has 0 saturated heterocycles. The number of rotatable bonds is 4. The van der Waals surface area contributed by atoms with E-state index in [1.165, 1.54) is 0 Å². The van der Waals surface area contributed by atoms with Crippen LogP contribution in [0.25, 0.3) is 0 Å². The Morgan fingerprint density at radius 1 is 1.64 bits per heavy atom. The van der Waals surface area contributed by atoms with Crippen molar-refractivity contribution in [3.63, 3.8) is 0 Å². The van der Waals surface area contributed by atoms with E-state index in [9.17, 15) is 4.79 Å². The number of aliphatic hydroxyl groups is 1. The number of nitrogens with zero attached hydrogens (tertiary/aromatic N) is 2. The molecule has 1 rings (SSSR count). The zero-order valence-electron chi connectivity index (χ0n) is 8.66. The average molecular weight is 196 g/mol. The summed E-state index contributed by atoms with van der Waals surface area (Å²) in [5, 5.41) is 17.7. The van der Waals surface area contributed by atoms with Crippen molar-refractivity contribution in [2.75, 3.05) is 13.2 Å². The first kappa shape index (κ1) is 11.0. The fourth-order valence-electron chi connectivity index (χ4n) is 1.48. The van der Waals surface area contributed by atoms with E-state index in [2.05, 4.69) is 6.07 Å². The molecule has 1 fully saturated rings. The lowest BCUT2D eigenvalue weighted by atomic mass is 10.1. The molecular formula is C10H16N2O2. The van der Waals surface area contributed by atoms with E-state index < -0.39 is 5.41 Å². The van der Waals surface area contributed by atoms with Crippen LogP contribution in [0.15, 0.2) is 0 Å². The third-order valence-electron chi connectivity index (χ3n) is 2.60. The SMILES string of the molecule is CC(C)N(CCO)C(=O)C1(C#N)CC1. The number of carbonyl (C=O) groups is 1. The van der Waals surface area contributed by atoms with Crippen molar-refractivity contribution in [1.82, 2.24) is 4.90 Å². The van der Waals surface area contributed by atoms with E-state index in [4.69, 9.17) is 10.4 Å². The summed E-state index contributed by atoms with van der Waals surface area (Å²) in [6.45, 7) is 4.05. The van der Waals surface area contributed by atoms with Crippen LogP contribution in [0.5, 0.6) is 0 Å². The van der Waals surface area contributed by atoms with E-state index in [0.29, 0.717) is 19.4 Å². The van der Waals surface area contributed by atoms with Gasteiger partial charge in [0.2, 0.25) is 5.91 Å². The van der Waals surface area contributed by atoms with Gasteiger partial charge in [-0.05, 0) is 26.7 Å². The molecule has 0 atom stereocenters. The zero-order valence-corrected chi connectivity index (χ0v) is 8.66. The smallest absolute Gasteiger partial charge is 0.243 e.